The zero-order chi connectivity index (χ0) is 13.0. The first-order valence-electron chi connectivity index (χ1n) is 5.68. The van der Waals surface area contributed by atoms with Crippen LogP contribution in [0.3, 0.4) is 0 Å². The molecule has 0 saturated heterocycles. The number of nitrogens with one attached hydrogen (secondary N) is 1. The van der Waals surface area contributed by atoms with Gasteiger partial charge in [0, 0.05) is 20.1 Å². The van der Waals surface area contributed by atoms with Crippen LogP contribution in [0.2, 0.25) is 0 Å². The van der Waals surface area contributed by atoms with Gasteiger partial charge in [-0.3, -0.25) is 4.99 Å². The minimum atomic E-state index is -2.78. The Hall–Kier alpha value is -1.85. The maximum atomic E-state index is 12.0. The lowest BCUT2D eigenvalue weighted by Crippen LogP contribution is -2.35. The second-order valence-corrected chi connectivity index (χ2v) is 4.00. The second-order valence-electron chi connectivity index (χ2n) is 4.00. The number of hydrogen-bond donors (Lipinski definition) is 1. The van der Waals surface area contributed by atoms with E-state index in [9.17, 15) is 8.78 Å². The van der Waals surface area contributed by atoms with Gasteiger partial charge in [0.25, 0.3) is 0 Å². The topological polar surface area (TPSA) is 36.9 Å². The van der Waals surface area contributed by atoms with Gasteiger partial charge in [-0.05, 0) is 17.7 Å². The first-order chi connectivity index (χ1) is 8.65. The minimum Gasteiger partial charge on any atom is -0.435 e. The van der Waals surface area contributed by atoms with Crippen molar-refractivity contribution in [2.24, 2.45) is 4.99 Å². The molecule has 1 heterocycles. The Kier molecular flexibility index (Phi) is 3.96. The van der Waals surface area contributed by atoms with E-state index in [1.807, 2.05) is 11.9 Å². The fraction of sp³-hybridized carbons (Fsp3) is 0.417. The monoisotopic (exact) mass is 255 g/mol. The number of likely N-dealkylation sites (N-methyl/N-ethyl adjacent to an activating group) is 1. The summed E-state index contributed by atoms with van der Waals surface area (Å²) in [4.78, 5) is 6.33. The number of halogens is 2. The molecule has 0 atom stereocenters. The fourth-order valence-electron chi connectivity index (χ4n) is 1.69. The highest BCUT2D eigenvalue weighted by Crippen LogP contribution is 2.14. The predicted octanol–water partition coefficient (Wildman–Crippen LogP) is 1.68. The summed E-state index contributed by atoms with van der Waals surface area (Å²) < 4.78 is 28.2. The summed E-state index contributed by atoms with van der Waals surface area (Å²) in [5.41, 5.74) is 0.986. The molecule has 1 N–H and O–H groups in total. The first-order valence-corrected chi connectivity index (χ1v) is 5.68. The van der Waals surface area contributed by atoms with Crippen LogP contribution in [0.5, 0.6) is 5.75 Å². The standard InChI is InChI=1S/C12H15F2N3O/c1-17-7-6-15-12(17)16-8-9-2-4-10(5-3-9)18-11(13)14/h2-5,11H,6-8H2,1H3,(H,15,16). The van der Waals surface area contributed by atoms with Gasteiger partial charge >= 0.3 is 6.61 Å². The van der Waals surface area contributed by atoms with E-state index in [2.05, 4.69) is 15.0 Å². The third-order valence-corrected chi connectivity index (χ3v) is 2.66. The van der Waals surface area contributed by atoms with E-state index in [1.165, 1.54) is 12.1 Å². The summed E-state index contributed by atoms with van der Waals surface area (Å²) >= 11 is 0. The zero-order valence-corrected chi connectivity index (χ0v) is 10.1. The maximum absolute atomic E-state index is 12.0. The molecule has 4 nitrogen and oxygen atoms in total. The van der Waals surface area contributed by atoms with Crippen molar-refractivity contribution in [3.05, 3.63) is 29.8 Å². The van der Waals surface area contributed by atoms with Gasteiger partial charge in [0.1, 0.15) is 5.75 Å². The van der Waals surface area contributed by atoms with Gasteiger partial charge in [-0.1, -0.05) is 12.1 Å². The number of hydrogen-bond acceptors (Lipinski definition) is 4. The van der Waals surface area contributed by atoms with E-state index in [0.29, 0.717) is 6.54 Å². The van der Waals surface area contributed by atoms with E-state index in [0.717, 1.165) is 24.6 Å². The van der Waals surface area contributed by atoms with Gasteiger partial charge in [0.15, 0.2) is 5.96 Å². The van der Waals surface area contributed by atoms with Crippen molar-refractivity contribution in [2.45, 2.75) is 13.2 Å². The van der Waals surface area contributed by atoms with E-state index >= 15 is 0 Å². The molecule has 1 aromatic carbocycles. The molecule has 0 bridgehead atoms. The summed E-state index contributed by atoms with van der Waals surface area (Å²) in [6.45, 7) is -0.447. The molecule has 0 amide bonds. The van der Waals surface area contributed by atoms with Gasteiger partial charge in [-0.2, -0.15) is 8.78 Å². The van der Waals surface area contributed by atoms with E-state index < -0.39 is 6.61 Å². The average molecular weight is 255 g/mol. The lowest BCUT2D eigenvalue weighted by atomic mass is 10.2. The molecule has 1 aliphatic heterocycles. The number of rotatable bonds is 4. The highest BCUT2D eigenvalue weighted by atomic mass is 19.3. The molecule has 2 rings (SSSR count). The summed E-state index contributed by atoms with van der Waals surface area (Å²) in [5.74, 6) is 1.03. The van der Waals surface area contributed by atoms with Gasteiger partial charge in [-0.15, -0.1) is 0 Å². The van der Waals surface area contributed by atoms with Crippen molar-refractivity contribution in [2.75, 3.05) is 20.1 Å². The molecule has 0 radical (unpaired) electrons. The summed E-state index contributed by atoms with van der Waals surface area (Å²) in [7, 11) is 1.97. The number of nitrogens with zero attached hydrogens (tertiary/aromatic N) is 2. The lowest BCUT2D eigenvalue weighted by Gasteiger charge is -2.15. The molecule has 0 aliphatic carbocycles. The van der Waals surface area contributed by atoms with Crippen LogP contribution in [-0.2, 0) is 6.54 Å². The predicted molar refractivity (Wildman–Crippen MR) is 64.8 cm³/mol. The van der Waals surface area contributed by atoms with Gasteiger partial charge in [-0.25, -0.2) is 0 Å². The van der Waals surface area contributed by atoms with Crippen LogP contribution in [-0.4, -0.2) is 37.6 Å². The molecule has 0 spiro atoms. The van der Waals surface area contributed by atoms with Crippen molar-refractivity contribution in [1.29, 1.82) is 0 Å². The van der Waals surface area contributed by atoms with E-state index in [1.54, 1.807) is 12.1 Å². The van der Waals surface area contributed by atoms with Crippen LogP contribution < -0.4 is 10.1 Å². The third-order valence-electron chi connectivity index (χ3n) is 2.66. The normalized spacial score (nSPS) is 14.9. The molecule has 0 unspecified atom stereocenters. The van der Waals surface area contributed by atoms with E-state index in [-0.39, 0.29) is 5.75 Å². The molecular formula is C12H15F2N3O. The summed E-state index contributed by atoms with van der Waals surface area (Å²) in [6, 6.07) is 6.56. The molecule has 18 heavy (non-hydrogen) atoms. The molecule has 0 fully saturated rings. The largest absolute Gasteiger partial charge is 0.435 e. The van der Waals surface area contributed by atoms with Crippen molar-refractivity contribution in [3.63, 3.8) is 0 Å². The average Bonchev–Trinajstić information content (AvgIpc) is 2.73. The van der Waals surface area contributed by atoms with Gasteiger partial charge in [0.05, 0.1) is 6.54 Å². The van der Waals surface area contributed by atoms with Crippen LogP contribution in [0.15, 0.2) is 29.3 Å². The van der Waals surface area contributed by atoms with Crippen molar-refractivity contribution in [3.8, 4) is 5.75 Å². The smallest absolute Gasteiger partial charge is 0.387 e. The number of guanidine groups is 1. The fourth-order valence-corrected chi connectivity index (χ4v) is 1.69. The van der Waals surface area contributed by atoms with Crippen LogP contribution >= 0.6 is 0 Å². The summed E-state index contributed by atoms with van der Waals surface area (Å²) in [5, 5.41) is 3.19. The molecule has 1 aromatic rings. The Bertz CT molecular complexity index is 420. The van der Waals surface area contributed by atoms with Crippen molar-refractivity contribution < 1.29 is 13.5 Å². The van der Waals surface area contributed by atoms with Crippen molar-refractivity contribution >= 4 is 5.96 Å². The maximum Gasteiger partial charge on any atom is 0.387 e. The van der Waals surface area contributed by atoms with Crippen LogP contribution in [0.1, 0.15) is 5.56 Å². The number of aliphatic imine (C=N–C) groups is 1. The zero-order valence-electron chi connectivity index (χ0n) is 10.1. The molecule has 6 heteroatoms. The molecule has 1 aliphatic rings. The Balaban J connectivity index is 1.86. The second kappa shape index (κ2) is 5.66. The molecule has 98 valence electrons. The third kappa shape index (κ3) is 3.32. The van der Waals surface area contributed by atoms with Crippen LogP contribution in [0.25, 0.3) is 0 Å². The number of alkyl halides is 2. The van der Waals surface area contributed by atoms with Crippen LogP contribution in [0, 0.1) is 0 Å². The van der Waals surface area contributed by atoms with Gasteiger partial charge in [0.2, 0.25) is 0 Å². The van der Waals surface area contributed by atoms with Gasteiger partial charge < -0.3 is 15.0 Å². The lowest BCUT2D eigenvalue weighted by molar-refractivity contribution is -0.0498. The molecular weight excluding hydrogens is 240 g/mol. The molecule has 0 aromatic heterocycles. The SMILES string of the molecule is CN1CCN=C1NCc1ccc(OC(F)F)cc1. The highest BCUT2D eigenvalue weighted by molar-refractivity contribution is 5.81. The first kappa shape index (κ1) is 12.6. The Morgan fingerprint density at radius 2 is 2.11 bits per heavy atom. The quantitative estimate of drug-likeness (QED) is 0.889. The highest BCUT2D eigenvalue weighted by Gasteiger charge is 2.11. The number of benzene rings is 1. The van der Waals surface area contributed by atoms with Crippen molar-refractivity contribution in [1.82, 2.24) is 10.2 Å². The number of ether oxygens (including phenoxy) is 1. The Labute approximate surface area is 104 Å². The Morgan fingerprint density at radius 1 is 1.39 bits per heavy atom. The Morgan fingerprint density at radius 3 is 2.67 bits per heavy atom. The minimum absolute atomic E-state index is 0.170. The molecule has 0 saturated carbocycles. The van der Waals surface area contributed by atoms with Crippen LogP contribution in [0.4, 0.5) is 8.78 Å². The van der Waals surface area contributed by atoms with E-state index in [4.69, 9.17) is 0 Å². The summed E-state index contributed by atoms with van der Waals surface area (Å²) in [6.07, 6.45) is 0.